The fourth-order valence-electron chi connectivity index (χ4n) is 3.09. The molecule has 2 aromatic carbocycles. The van der Waals surface area contributed by atoms with Gasteiger partial charge < -0.3 is 19.2 Å². The Morgan fingerprint density at radius 1 is 1.00 bits per heavy atom. The minimum atomic E-state index is -0.193. The van der Waals surface area contributed by atoms with E-state index in [0.717, 1.165) is 5.56 Å². The van der Waals surface area contributed by atoms with Gasteiger partial charge in [-0.25, -0.2) is 4.98 Å². The molecular formula is C24H21N3O4. The number of amides is 1. The van der Waals surface area contributed by atoms with Gasteiger partial charge in [-0.2, -0.15) is 0 Å². The molecule has 0 aliphatic carbocycles. The van der Waals surface area contributed by atoms with E-state index in [4.69, 9.17) is 9.47 Å². The number of carbonyl (C=O) groups excluding carboxylic acids is 2. The van der Waals surface area contributed by atoms with Gasteiger partial charge in [0.05, 0.1) is 0 Å². The van der Waals surface area contributed by atoms with Crippen LogP contribution in [0.3, 0.4) is 0 Å². The zero-order valence-electron chi connectivity index (χ0n) is 16.9. The van der Waals surface area contributed by atoms with Gasteiger partial charge in [-0.3, -0.25) is 9.59 Å². The lowest BCUT2D eigenvalue weighted by Crippen LogP contribution is -2.22. The van der Waals surface area contributed by atoms with Gasteiger partial charge in [-0.05, 0) is 42.0 Å². The summed E-state index contributed by atoms with van der Waals surface area (Å²) in [5.74, 6) is 0.308. The van der Waals surface area contributed by atoms with Gasteiger partial charge in [0.2, 0.25) is 5.78 Å². The molecule has 0 spiro atoms. The number of nitrogens with one attached hydrogen (secondary N) is 1. The summed E-state index contributed by atoms with van der Waals surface area (Å²) in [6.07, 6.45) is 3.54. The number of carbonyl (C=O) groups is 2. The van der Waals surface area contributed by atoms with E-state index in [9.17, 15) is 9.59 Å². The highest BCUT2D eigenvalue weighted by molar-refractivity contribution is 6.07. The minimum absolute atomic E-state index is 0.128. The maximum absolute atomic E-state index is 12.6. The van der Waals surface area contributed by atoms with Crippen LogP contribution in [0.4, 0.5) is 0 Å². The van der Waals surface area contributed by atoms with Gasteiger partial charge >= 0.3 is 0 Å². The first-order valence-corrected chi connectivity index (χ1v) is 9.71. The highest BCUT2D eigenvalue weighted by Crippen LogP contribution is 2.14. The van der Waals surface area contributed by atoms with Crippen LogP contribution in [-0.2, 0) is 11.3 Å². The Morgan fingerprint density at radius 3 is 2.52 bits per heavy atom. The number of fused-ring (bicyclic) bond motifs is 1. The predicted octanol–water partition coefficient (Wildman–Crippen LogP) is 3.48. The molecule has 4 aromatic rings. The summed E-state index contributed by atoms with van der Waals surface area (Å²) in [4.78, 5) is 29.5. The van der Waals surface area contributed by atoms with Crippen molar-refractivity contribution in [3.8, 4) is 5.75 Å². The third kappa shape index (κ3) is 4.79. The standard InChI is InChI=1S/C24H21N3O4/c1-30-16-31-20-9-7-19(8-10-20)24(29)25-14-17-11-12-27-15-21(26-22(27)13-17)23(28)18-5-3-2-4-6-18/h2-13,15H,14,16H2,1H3,(H,25,29). The first-order valence-electron chi connectivity index (χ1n) is 9.71. The van der Waals surface area contributed by atoms with E-state index in [2.05, 4.69) is 10.3 Å². The van der Waals surface area contributed by atoms with Crippen LogP contribution in [-0.4, -0.2) is 35.0 Å². The van der Waals surface area contributed by atoms with E-state index < -0.39 is 0 Å². The molecule has 0 fully saturated rings. The maximum atomic E-state index is 12.6. The zero-order valence-corrected chi connectivity index (χ0v) is 16.9. The molecule has 1 amide bonds. The number of ketones is 1. The SMILES string of the molecule is COCOc1ccc(C(=O)NCc2ccn3cc(C(=O)c4ccccc4)nc3c2)cc1. The second-order valence-corrected chi connectivity index (χ2v) is 6.88. The zero-order chi connectivity index (χ0) is 21.6. The van der Waals surface area contributed by atoms with Crippen LogP contribution in [0.2, 0.25) is 0 Å². The van der Waals surface area contributed by atoms with Gasteiger partial charge in [0.15, 0.2) is 6.79 Å². The van der Waals surface area contributed by atoms with Gasteiger partial charge in [-0.15, -0.1) is 0 Å². The van der Waals surface area contributed by atoms with Crippen molar-refractivity contribution in [3.05, 3.63) is 102 Å². The molecule has 0 saturated carbocycles. The molecule has 2 heterocycles. The van der Waals surface area contributed by atoms with E-state index in [-0.39, 0.29) is 18.5 Å². The van der Waals surface area contributed by atoms with Gasteiger partial charge in [0, 0.05) is 37.2 Å². The molecule has 2 aromatic heterocycles. The van der Waals surface area contributed by atoms with E-state index in [1.807, 2.05) is 36.5 Å². The molecule has 7 heteroatoms. The van der Waals surface area contributed by atoms with Gasteiger partial charge in [-0.1, -0.05) is 30.3 Å². The topological polar surface area (TPSA) is 81.9 Å². The monoisotopic (exact) mass is 415 g/mol. The summed E-state index contributed by atoms with van der Waals surface area (Å²) in [5.41, 5.74) is 3.03. The van der Waals surface area contributed by atoms with Crippen LogP contribution >= 0.6 is 0 Å². The number of aromatic nitrogens is 2. The maximum Gasteiger partial charge on any atom is 0.251 e. The largest absolute Gasteiger partial charge is 0.468 e. The van der Waals surface area contributed by atoms with E-state index in [0.29, 0.717) is 34.8 Å². The molecule has 0 unspecified atom stereocenters. The number of ether oxygens (including phenoxy) is 2. The molecule has 0 bridgehead atoms. The predicted molar refractivity (Wildman–Crippen MR) is 115 cm³/mol. The highest BCUT2D eigenvalue weighted by atomic mass is 16.7. The Balaban J connectivity index is 1.42. The third-order valence-corrected chi connectivity index (χ3v) is 4.71. The van der Waals surface area contributed by atoms with Crippen LogP contribution in [0.1, 0.15) is 32.0 Å². The van der Waals surface area contributed by atoms with Gasteiger partial charge in [0.1, 0.15) is 17.1 Å². The Labute approximate surface area is 179 Å². The number of pyridine rings is 1. The number of imidazole rings is 1. The fraction of sp³-hybridized carbons (Fsp3) is 0.125. The molecule has 0 aliphatic rings. The quantitative estimate of drug-likeness (QED) is 0.352. The second-order valence-electron chi connectivity index (χ2n) is 6.88. The first kappa shape index (κ1) is 20.3. The molecule has 4 rings (SSSR count). The summed E-state index contributed by atoms with van der Waals surface area (Å²) in [6, 6.07) is 19.6. The van der Waals surface area contributed by atoms with Crippen molar-refractivity contribution in [1.82, 2.24) is 14.7 Å². The molecular weight excluding hydrogens is 394 g/mol. The van der Waals surface area contributed by atoms with Crippen molar-refractivity contribution < 1.29 is 19.1 Å². The van der Waals surface area contributed by atoms with Gasteiger partial charge in [0.25, 0.3) is 5.91 Å². The molecule has 0 aliphatic heterocycles. The molecule has 1 N–H and O–H groups in total. The van der Waals surface area contributed by atoms with Crippen LogP contribution in [0.15, 0.2) is 79.1 Å². The fourth-order valence-corrected chi connectivity index (χ4v) is 3.09. The lowest BCUT2D eigenvalue weighted by molar-refractivity contribution is 0.0511. The van der Waals surface area contributed by atoms with E-state index >= 15 is 0 Å². The van der Waals surface area contributed by atoms with Crippen LogP contribution < -0.4 is 10.1 Å². The van der Waals surface area contributed by atoms with Crippen molar-refractivity contribution >= 4 is 17.3 Å². The molecule has 0 atom stereocenters. The molecule has 0 radical (unpaired) electrons. The van der Waals surface area contributed by atoms with Crippen LogP contribution in [0.5, 0.6) is 5.75 Å². The summed E-state index contributed by atoms with van der Waals surface area (Å²) < 4.78 is 12.0. The normalized spacial score (nSPS) is 10.7. The number of hydrogen-bond acceptors (Lipinski definition) is 5. The summed E-state index contributed by atoms with van der Waals surface area (Å²) in [6.45, 7) is 0.493. The number of hydrogen-bond donors (Lipinski definition) is 1. The second kappa shape index (κ2) is 9.23. The van der Waals surface area contributed by atoms with Crippen molar-refractivity contribution in [2.75, 3.05) is 13.9 Å². The summed E-state index contributed by atoms with van der Waals surface area (Å²) in [7, 11) is 1.55. The number of nitrogens with zero attached hydrogens (tertiary/aromatic N) is 2. The third-order valence-electron chi connectivity index (χ3n) is 4.71. The van der Waals surface area contributed by atoms with E-state index in [1.54, 1.807) is 54.1 Å². The molecule has 7 nitrogen and oxygen atoms in total. The van der Waals surface area contributed by atoms with Crippen molar-refractivity contribution in [2.24, 2.45) is 0 Å². The number of benzene rings is 2. The van der Waals surface area contributed by atoms with Crippen molar-refractivity contribution in [3.63, 3.8) is 0 Å². The Morgan fingerprint density at radius 2 is 1.77 bits per heavy atom. The number of methoxy groups -OCH3 is 1. The Bertz CT molecular complexity index is 1200. The lowest BCUT2D eigenvalue weighted by Gasteiger charge is -2.07. The highest BCUT2D eigenvalue weighted by Gasteiger charge is 2.13. The summed E-state index contributed by atoms with van der Waals surface area (Å²) >= 11 is 0. The van der Waals surface area contributed by atoms with Crippen LogP contribution in [0, 0.1) is 0 Å². The Kier molecular flexibility index (Phi) is 6.05. The van der Waals surface area contributed by atoms with Crippen molar-refractivity contribution in [1.29, 1.82) is 0 Å². The lowest BCUT2D eigenvalue weighted by atomic mass is 10.1. The molecule has 0 saturated heterocycles. The smallest absolute Gasteiger partial charge is 0.251 e. The summed E-state index contributed by atoms with van der Waals surface area (Å²) in [5, 5.41) is 2.89. The minimum Gasteiger partial charge on any atom is -0.468 e. The average Bonchev–Trinajstić information content (AvgIpc) is 3.25. The Hall–Kier alpha value is -3.97. The van der Waals surface area contributed by atoms with Crippen LogP contribution in [0.25, 0.3) is 5.65 Å². The molecule has 156 valence electrons. The van der Waals surface area contributed by atoms with Crippen molar-refractivity contribution in [2.45, 2.75) is 6.54 Å². The van der Waals surface area contributed by atoms with E-state index in [1.165, 1.54) is 0 Å². The first-order chi connectivity index (χ1) is 15.1. The number of rotatable bonds is 8. The molecule has 31 heavy (non-hydrogen) atoms. The average molecular weight is 415 g/mol.